The van der Waals surface area contributed by atoms with E-state index in [4.69, 9.17) is 0 Å². The van der Waals surface area contributed by atoms with Crippen LogP contribution in [0.5, 0.6) is 0 Å². The van der Waals surface area contributed by atoms with E-state index in [0.29, 0.717) is 12.1 Å². The van der Waals surface area contributed by atoms with Crippen LogP contribution in [0.1, 0.15) is 21.5 Å². The molecule has 0 aromatic heterocycles. The molecule has 0 unspecified atom stereocenters. The Morgan fingerprint density at radius 2 is 1.95 bits per heavy atom. The fraction of sp³-hybridized carbons (Fsp3) is 0.188. The number of carbonyl (C=O) groups excluding carboxylic acids is 1. The summed E-state index contributed by atoms with van der Waals surface area (Å²) in [6.45, 7) is 2.68. The summed E-state index contributed by atoms with van der Waals surface area (Å²) in [4.78, 5) is 12.4. The molecule has 2 aromatic rings. The van der Waals surface area contributed by atoms with E-state index in [1.54, 1.807) is 0 Å². The first kappa shape index (κ1) is 14.8. The minimum absolute atomic E-state index is 0.107. The summed E-state index contributed by atoms with van der Waals surface area (Å²) in [6, 6.07) is 13.5. The lowest BCUT2D eigenvalue weighted by atomic mass is 10.1. The number of anilines is 1. The summed E-state index contributed by atoms with van der Waals surface area (Å²) in [5, 5.41) is 6.07. The quantitative estimate of drug-likeness (QED) is 0.895. The number of para-hydroxylation sites is 1. The average molecular weight is 333 g/mol. The van der Waals surface area contributed by atoms with Gasteiger partial charge in [-0.25, -0.2) is 0 Å². The Hall–Kier alpha value is -1.65. The molecule has 2 rings (SSSR count). The van der Waals surface area contributed by atoms with E-state index in [-0.39, 0.29) is 5.91 Å². The van der Waals surface area contributed by atoms with E-state index in [2.05, 4.69) is 26.6 Å². The van der Waals surface area contributed by atoms with Gasteiger partial charge in [-0.15, -0.1) is 0 Å². The van der Waals surface area contributed by atoms with Gasteiger partial charge < -0.3 is 10.6 Å². The molecule has 0 spiro atoms. The van der Waals surface area contributed by atoms with E-state index >= 15 is 0 Å². The number of aryl methyl sites for hydroxylation is 1. The van der Waals surface area contributed by atoms with Gasteiger partial charge in [0, 0.05) is 16.7 Å². The van der Waals surface area contributed by atoms with E-state index < -0.39 is 0 Å². The maximum atomic E-state index is 12.4. The molecule has 0 radical (unpaired) electrons. The Balaban J connectivity index is 2.26. The average Bonchev–Trinajstić information content (AvgIpc) is 2.44. The second-order valence-electron chi connectivity index (χ2n) is 4.62. The van der Waals surface area contributed by atoms with Crippen molar-refractivity contribution in [3.05, 3.63) is 63.6 Å². The van der Waals surface area contributed by atoms with Crippen molar-refractivity contribution in [2.75, 3.05) is 12.4 Å². The molecule has 0 fully saturated rings. The highest BCUT2D eigenvalue weighted by Crippen LogP contribution is 2.21. The van der Waals surface area contributed by atoms with E-state index in [9.17, 15) is 4.79 Å². The van der Waals surface area contributed by atoms with Crippen LogP contribution in [0.2, 0.25) is 0 Å². The van der Waals surface area contributed by atoms with Gasteiger partial charge in [0.15, 0.2) is 0 Å². The highest BCUT2D eigenvalue weighted by Gasteiger charge is 2.12. The maximum Gasteiger partial charge on any atom is 0.256 e. The first-order chi connectivity index (χ1) is 9.61. The van der Waals surface area contributed by atoms with Crippen molar-refractivity contribution < 1.29 is 4.79 Å². The number of benzene rings is 2. The number of hydrogen-bond donors (Lipinski definition) is 2. The minimum atomic E-state index is -0.107. The smallest absolute Gasteiger partial charge is 0.256 e. The molecule has 2 aromatic carbocycles. The molecule has 0 saturated carbocycles. The molecule has 0 saturated heterocycles. The Kier molecular flexibility index (Phi) is 4.93. The van der Waals surface area contributed by atoms with Gasteiger partial charge in [0.2, 0.25) is 0 Å². The van der Waals surface area contributed by atoms with E-state index in [1.165, 1.54) is 0 Å². The Bertz CT molecular complexity index is 626. The van der Waals surface area contributed by atoms with Gasteiger partial charge in [0.1, 0.15) is 0 Å². The molecule has 1 amide bonds. The number of rotatable bonds is 4. The summed E-state index contributed by atoms with van der Waals surface area (Å²) < 4.78 is 0.798. The third-order valence-electron chi connectivity index (χ3n) is 3.00. The summed E-state index contributed by atoms with van der Waals surface area (Å²) in [5.41, 5.74) is 3.60. The van der Waals surface area contributed by atoms with Gasteiger partial charge in [-0.2, -0.15) is 0 Å². The molecule has 0 bridgehead atoms. The Labute approximate surface area is 127 Å². The number of hydrogen-bond acceptors (Lipinski definition) is 2. The molecule has 0 atom stereocenters. The molecule has 0 aliphatic carbocycles. The molecule has 2 N–H and O–H groups in total. The lowest BCUT2D eigenvalue weighted by molar-refractivity contribution is 0.102. The molecule has 0 aliphatic heterocycles. The van der Waals surface area contributed by atoms with Gasteiger partial charge in [-0.3, -0.25) is 4.79 Å². The van der Waals surface area contributed by atoms with Crippen LogP contribution in [0.25, 0.3) is 0 Å². The highest BCUT2D eigenvalue weighted by molar-refractivity contribution is 9.10. The molecule has 4 heteroatoms. The maximum absolute atomic E-state index is 12.4. The van der Waals surface area contributed by atoms with Crippen molar-refractivity contribution in [3.63, 3.8) is 0 Å². The van der Waals surface area contributed by atoms with Gasteiger partial charge in [-0.1, -0.05) is 29.8 Å². The van der Waals surface area contributed by atoms with Crippen molar-refractivity contribution in [2.45, 2.75) is 13.5 Å². The van der Waals surface area contributed by atoms with Crippen LogP contribution in [-0.2, 0) is 6.54 Å². The van der Waals surface area contributed by atoms with Gasteiger partial charge in [-0.05, 0) is 53.7 Å². The minimum Gasteiger partial charge on any atom is -0.322 e. The largest absolute Gasteiger partial charge is 0.322 e. The summed E-state index contributed by atoms with van der Waals surface area (Å²) in [7, 11) is 1.88. The predicted molar refractivity (Wildman–Crippen MR) is 86.0 cm³/mol. The monoisotopic (exact) mass is 332 g/mol. The fourth-order valence-corrected chi connectivity index (χ4v) is 2.42. The van der Waals surface area contributed by atoms with Gasteiger partial charge >= 0.3 is 0 Å². The van der Waals surface area contributed by atoms with Crippen LogP contribution >= 0.6 is 15.9 Å². The van der Waals surface area contributed by atoms with Crippen molar-refractivity contribution in [1.82, 2.24) is 5.32 Å². The third-order valence-corrected chi connectivity index (χ3v) is 3.69. The molecule has 3 nitrogen and oxygen atoms in total. The van der Waals surface area contributed by atoms with E-state index in [1.807, 2.05) is 56.4 Å². The Morgan fingerprint density at radius 3 is 2.70 bits per heavy atom. The van der Waals surface area contributed by atoms with Crippen LogP contribution in [0, 0.1) is 6.92 Å². The first-order valence-corrected chi connectivity index (χ1v) is 7.21. The first-order valence-electron chi connectivity index (χ1n) is 6.42. The number of amides is 1. The Morgan fingerprint density at radius 1 is 1.20 bits per heavy atom. The fourth-order valence-electron chi connectivity index (χ4n) is 1.99. The second-order valence-corrected chi connectivity index (χ2v) is 5.48. The summed E-state index contributed by atoms with van der Waals surface area (Å²) in [5.74, 6) is -0.107. The zero-order valence-electron chi connectivity index (χ0n) is 11.5. The molecular formula is C16H17BrN2O. The van der Waals surface area contributed by atoms with E-state index in [0.717, 1.165) is 21.3 Å². The third kappa shape index (κ3) is 3.46. The molecule has 104 valence electrons. The summed E-state index contributed by atoms with van der Waals surface area (Å²) >= 11 is 3.42. The van der Waals surface area contributed by atoms with Crippen LogP contribution in [0.3, 0.4) is 0 Å². The molecular weight excluding hydrogens is 316 g/mol. The standard InChI is InChI=1S/C16H17BrN2O/c1-11-7-8-14(17)13(9-11)16(20)19-15-6-4-3-5-12(15)10-18-2/h3-9,18H,10H2,1-2H3,(H,19,20). The van der Waals surface area contributed by atoms with Crippen LogP contribution < -0.4 is 10.6 Å². The SMILES string of the molecule is CNCc1ccccc1NC(=O)c1cc(C)ccc1Br. The van der Waals surface area contributed by atoms with Crippen LogP contribution in [-0.4, -0.2) is 13.0 Å². The van der Waals surface area contributed by atoms with Crippen molar-refractivity contribution in [2.24, 2.45) is 0 Å². The van der Waals surface area contributed by atoms with Gasteiger partial charge in [0.05, 0.1) is 5.56 Å². The number of halogens is 1. The highest BCUT2D eigenvalue weighted by atomic mass is 79.9. The predicted octanol–water partition coefficient (Wildman–Crippen LogP) is 3.73. The van der Waals surface area contributed by atoms with Crippen LogP contribution in [0.15, 0.2) is 46.9 Å². The van der Waals surface area contributed by atoms with Crippen LogP contribution in [0.4, 0.5) is 5.69 Å². The molecule has 0 aliphatic rings. The van der Waals surface area contributed by atoms with Crippen molar-refractivity contribution >= 4 is 27.5 Å². The number of nitrogens with one attached hydrogen (secondary N) is 2. The van der Waals surface area contributed by atoms with Gasteiger partial charge in [0.25, 0.3) is 5.91 Å². The summed E-state index contributed by atoms with van der Waals surface area (Å²) in [6.07, 6.45) is 0. The zero-order chi connectivity index (χ0) is 14.5. The number of carbonyl (C=O) groups is 1. The lowest BCUT2D eigenvalue weighted by Crippen LogP contribution is -2.16. The molecule has 20 heavy (non-hydrogen) atoms. The topological polar surface area (TPSA) is 41.1 Å². The van der Waals surface area contributed by atoms with Crippen molar-refractivity contribution in [3.8, 4) is 0 Å². The lowest BCUT2D eigenvalue weighted by Gasteiger charge is -2.12. The molecule has 0 heterocycles. The second kappa shape index (κ2) is 6.68. The zero-order valence-corrected chi connectivity index (χ0v) is 13.1. The van der Waals surface area contributed by atoms with Crippen molar-refractivity contribution in [1.29, 1.82) is 0 Å². The normalized spacial score (nSPS) is 10.3.